The predicted octanol–water partition coefficient (Wildman–Crippen LogP) is 10.5. The summed E-state index contributed by atoms with van der Waals surface area (Å²) in [5.41, 5.74) is 5.12. The average molecular weight is 486 g/mol. The molecule has 0 spiro atoms. The Morgan fingerprint density at radius 3 is 1.82 bits per heavy atom. The molecule has 2 nitrogen and oxygen atoms in total. The monoisotopic (exact) mass is 485 g/mol. The predicted molar refractivity (Wildman–Crippen MR) is 161 cm³/mol. The molecule has 0 amide bonds. The summed E-state index contributed by atoms with van der Waals surface area (Å²) in [7, 11) is 0. The van der Waals surface area contributed by atoms with Crippen molar-refractivity contribution < 1.29 is 4.42 Å². The van der Waals surface area contributed by atoms with Crippen molar-refractivity contribution in [2.24, 2.45) is 0 Å². The summed E-state index contributed by atoms with van der Waals surface area (Å²) in [4.78, 5) is 2.35. The molecule has 8 aromatic rings. The zero-order valence-electron chi connectivity index (χ0n) is 20.6. The fourth-order valence-corrected chi connectivity index (χ4v) is 5.81. The van der Waals surface area contributed by atoms with Gasteiger partial charge in [-0.2, -0.15) is 0 Å². The summed E-state index contributed by atoms with van der Waals surface area (Å²) in [6.07, 6.45) is 0. The van der Waals surface area contributed by atoms with Crippen molar-refractivity contribution in [1.29, 1.82) is 0 Å². The molecule has 7 aromatic carbocycles. The number of nitrogens with zero attached hydrogens (tertiary/aromatic N) is 1. The first kappa shape index (κ1) is 21.0. The largest absolute Gasteiger partial charge is 0.456 e. The van der Waals surface area contributed by atoms with E-state index in [1.165, 1.54) is 32.3 Å². The highest BCUT2D eigenvalue weighted by Crippen LogP contribution is 2.43. The standard InChI is InChI=1S/C36H23NO/c1-2-13-27(14-3-1)37(34-21-26-12-6-7-15-29(26)30-16-8-9-17-31(30)34)28-18-19-32-33-20-24-10-4-5-11-25(24)22-35(33)38-36(32)23-28/h1-23H. The van der Waals surface area contributed by atoms with E-state index >= 15 is 0 Å². The third-order valence-electron chi connectivity index (χ3n) is 7.58. The van der Waals surface area contributed by atoms with Crippen LogP contribution in [0.4, 0.5) is 17.1 Å². The lowest BCUT2D eigenvalue weighted by Gasteiger charge is -2.27. The third-order valence-corrected chi connectivity index (χ3v) is 7.58. The van der Waals surface area contributed by atoms with Crippen LogP contribution in [-0.2, 0) is 0 Å². The first-order valence-corrected chi connectivity index (χ1v) is 12.9. The third kappa shape index (κ3) is 3.21. The lowest BCUT2D eigenvalue weighted by molar-refractivity contribution is 0.669. The first-order valence-electron chi connectivity index (χ1n) is 12.9. The van der Waals surface area contributed by atoms with E-state index in [0.29, 0.717) is 0 Å². The second-order valence-electron chi connectivity index (χ2n) is 9.81. The Morgan fingerprint density at radius 2 is 1.00 bits per heavy atom. The Morgan fingerprint density at radius 1 is 0.368 bits per heavy atom. The minimum atomic E-state index is 0.888. The van der Waals surface area contributed by atoms with Gasteiger partial charge in [0.1, 0.15) is 11.2 Å². The molecule has 0 saturated heterocycles. The van der Waals surface area contributed by atoms with E-state index in [0.717, 1.165) is 39.0 Å². The summed E-state index contributed by atoms with van der Waals surface area (Å²) in [6.45, 7) is 0. The molecule has 0 aliphatic carbocycles. The van der Waals surface area contributed by atoms with Gasteiger partial charge < -0.3 is 9.32 Å². The van der Waals surface area contributed by atoms with Crippen LogP contribution in [0.1, 0.15) is 0 Å². The van der Waals surface area contributed by atoms with Gasteiger partial charge in [0.15, 0.2) is 0 Å². The van der Waals surface area contributed by atoms with Gasteiger partial charge in [-0.05, 0) is 69.4 Å². The molecule has 178 valence electrons. The van der Waals surface area contributed by atoms with Crippen LogP contribution < -0.4 is 4.90 Å². The molecule has 0 radical (unpaired) electrons. The van der Waals surface area contributed by atoms with Gasteiger partial charge in [-0.15, -0.1) is 0 Å². The zero-order chi connectivity index (χ0) is 25.1. The van der Waals surface area contributed by atoms with E-state index in [-0.39, 0.29) is 0 Å². The topological polar surface area (TPSA) is 16.4 Å². The summed E-state index contributed by atoms with van der Waals surface area (Å²) in [5.74, 6) is 0. The highest BCUT2D eigenvalue weighted by atomic mass is 16.3. The Kier molecular flexibility index (Phi) is 4.55. The van der Waals surface area contributed by atoms with Gasteiger partial charge >= 0.3 is 0 Å². The Labute approximate surface area is 220 Å². The second kappa shape index (κ2) is 8.22. The zero-order valence-corrected chi connectivity index (χ0v) is 20.6. The van der Waals surface area contributed by atoms with Crippen molar-refractivity contribution in [1.82, 2.24) is 0 Å². The maximum atomic E-state index is 6.45. The number of hydrogen-bond acceptors (Lipinski definition) is 2. The molecule has 0 bridgehead atoms. The molecule has 0 N–H and O–H groups in total. The van der Waals surface area contributed by atoms with Gasteiger partial charge in [0, 0.05) is 33.6 Å². The molecule has 1 heterocycles. The SMILES string of the molecule is c1ccc(N(c2ccc3c(c2)oc2cc4ccccc4cc23)c2cc3ccccc3c3ccccc23)cc1. The summed E-state index contributed by atoms with van der Waals surface area (Å²) in [5, 5.41) is 9.63. The van der Waals surface area contributed by atoms with Crippen LogP contribution in [0.3, 0.4) is 0 Å². The molecular formula is C36H23NO. The van der Waals surface area contributed by atoms with Crippen molar-refractivity contribution in [3.63, 3.8) is 0 Å². The Hall–Kier alpha value is -5.08. The maximum absolute atomic E-state index is 6.45. The number of benzene rings is 7. The molecule has 0 fully saturated rings. The van der Waals surface area contributed by atoms with Crippen molar-refractivity contribution in [3.05, 3.63) is 140 Å². The van der Waals surface area contributed by atoms with Gasteiger partial charge in [-0.1, -0.05) is 91.0 Å². The number of para-hydroxylation sites is 1. The summed E-state index contributed by atoms with van der Waals surface area (Å²) < 4.78 is 6.45. The van der Waals surface area contributed by atoms with Gasteiger partial charge in [0.05, 0.1) is 5.69 Å². The van der Waals surface area contributed by atoms with Crippen LogP contribution in [0.5, 0.6) is 0 Å². The average Bonchev–Trinajstić information content (AvgIpc) is 3.33. The lowest BCUT2D eigenvalue weighted by atomic mass is 9.99. The van der Waals surface area contributed by atoms with Crippen molar-refractivity contribution in [2.45, 2.75) is 0 Å². The molecule has 8 rings (SSSR count). The first-order chi connectivity index (χ1) is 18.8. The van der Waals surface area contributed by atoms with Crippen molar-refractivity contribution in [3.8, 4) is 0 Å². The van der Waals surface area contributed by atoms with Crippen LogP contribution in [-0.4, -0.2) is 0 Å². The number of furan rings is 1. The molecule has 0 saturated carbocycles. The molecule has 2 heteroatoms. The van der Waals surface area contributed by atoms with Crippen LogP contribution in [0.2, 0.25) is 0 Å². The maximum Gasteiger partial charge on any atom is 0.137 e. The van der Waals surface area contributed by atoms with E-state index in [1.54, 1.807) is 0 Å². The number of rotatable bonds is 3. The molecule has 0 atom stereocenters. The van der Waals surface area contributed by atoms with E-state index in [2.05, 4.69) is 144 Å². The van der Waals surface area contributed by atoms with E-state index in [4.69, 9.17) is 4.42 Å². The van der Waals surface area contributed by atoms with Crippen LogP contribution >= 0.6 is 0 Å². The summed E-state index contributed by atoms with van der Waals surface area (Å²) in [6, 6.07) is 49.6. The highest BCUT2D eigenvalue weighted by molar-refractivity contribution is 6.15. The second-order valence-corrected chi connectivity index (χ2v) is 9.81. The van der Waals surface area contributed by atoms with E-state index in [9.17, 15) is 0 Å². The number of anilines is 3. The number of fused-ring (bicyclic) bond motifs is 7. The van der Waals surface area contributed by atoms with Crippen LogP contribution in [0.25, 0.3) is 54.3 Å². The molecular weight excluding hydrogens is 462 g/mol. The van der Waals surface area contributed by atoms with Crippen molar-refractivity contribution in [2.75, 3.05) is 4.90 Å². The molecule has 0 unspecified atom stereocenters. The van der Waals surface area contributed by atoms with Crippen LogP contribution in [0, 0.1) is 0 Å². The normalized spacial score (nSPS) is 11.7. The van der Waals surface area contributed by atoms with E-state index in [1.807, 2.05) is 0 Å². The molecule has 0 aliphatic heterocycles. The van der Waals surface area contributed by atoms with E-state index < -0.39 is 0 Å². The molecule has 38 heavy (non-hydrogen) atoms. The van der Waals surface area contributed by atoms with Crippen LogP contribution in [0.15, 0.2) is 144 Å². The Bertz CT molecular complexity index is 2140. The van der Waals surface area contributed by atoms with Gasteiger partial charge in [0.2, 0.25) is 0 Å². The van der Waals surface area contributed by atoms with Gasteiger partial charge in [-0.3, -0.25) is 0 Å². The van der Waals surface area contributed by atoms with Gasteiger partial charge in [-0.25, -0.2) is 0 Å². The quantitative estimate of drug-likeness (QED) is 0.231. The van der Waals surface area contributed by atoms with Gasteiger partial charge in [0.25, 0.3) is 0 Å². The minimum Gasteiger partial charge on any atom is -0.456 e. The molecule has 0 aliphatic rings. The smallest absolute Gasteiger partial charge is 0.137 e. The molecule has 1 aromatic heterocycles. The Balaban J connectivity index is 1.41. The fraction of sp³-hybridized carbons (Fsp3) is 0. The number of hydrogen-bond donors (Lipinski definition) is 0. The summed E-state index contributed by atoms with van der Waals surface area (Å²) >= 11 is 0. The fourth-order valence-electron chi connectivity index (χ4n) is 5.81. The highest BCUT2D eigenvalue weighted by Gasteiger charge is 2.18. The lowest BCUT2D eigenvalue weighted by Crippen LogP contribution is -2.10. The van der Waals surface area contributed by atoms with Crippen molar-refractivity contribution >= 4 is 71.3 Å². The minimum absolute atomic E-state index is 0.888.